The molecule has 33 heavy (non-hydrogen) atoms. The molecule has 3 aromatic rings. The van der Waals surface area contributed by atoms with Crippen LogP contribution in [0.5, 0.6) is 0 Å². The molecule has 0 unspecified atom stereocenters. The number of aryl methyl sites for hydroxylation is 1. The van der Waals surface area contributed by atoms with Crippen molar-refractivity contribution in [3.8, 4) is 0 Å². The lowest BCUT2D eigenvalue weighted by atomic mass is 10.2. The molecule has 1 aliphatic rings. The number of thiophene rings is 1. The van der Waals surface area contributed by atoms with Crippen LogP contribution in [-0.4, -0.2) is 65.4 Å². The number of para-hydroxylation sites is 1. The summed E-state index contributed by atoms with van der Waals surface area (Å²) in [4.78, 5) is 36.9. The summed E-state index contributed by atoms with van der Waals surface area (Å²) in [5.41, 5.74) is 1.66. The van der Waals surface area contributed by atoms with Crippen molar-refractivity contribution < 1.29 is 19.1 Å². The highest BCUT2D eigenvalue weighted by atomic mass is 32.2. The number of hydrogen-bond donors (Lipinski definition) is 1. The molecule has 1 aromatic carbocycles. The van der Waals surface area contributed by atoms with Gasteiger partial charge in [-0.2, -0.15) is 0 Å². The normalized spacial score (nSPS) is 14.4. The van der Waals surface area contributed by atoms with Crippen LogP contribution in [0.15, 0.2) is 35.4 Å². The highest BCUT2D eigenvalue weighted by Gasteiger charge is 2.18. The van der Waals surface area contributed by atoms with Gasteiger partial charge in [0.2, 0.25) is 5.91 Å². The van der Waals surface area contributed by atoms with Gasteiger partial charge in [0.15, 0.2) is 0 Å². The molecule has 2 aromatic heterocycles. The fourth-order valence-electron chi connectivity index (χ4n) is 3.48. The molecule has 174 valence electrons. The van der Waals surface area contributed by atoms with Crippen molar-refractivity contribution in [3.63, 3.8) is 0 Å². The largest absolute Gasteiger partial charge is 0.462 e. The lowest BCUT2D eigenvalue weighted by molar-refractivity contribution is -0.113. The van der Waals surface area contributed by atoms with E-state index in [0.29, 0.717) is 23.0 Å². The quantitative estimate of drug-likeness (QED) is 0.292. The highest BCUT2D eigenvalue weighted by Crippen LogP contribution is 2.29. The van der Waals surface area contributed by atoms with Crippen LogP contribution < -0.4 is 5.32 Å². The summed E-state index contributed by atoms with van der Waals surface area (Å²) in [5.74, 6) is 0.416. The molecule has 1 aliphatic heterocycles. The van der Waals surface area contributed by atoms with Gasteiger partial charge < -0.3 is 14.8 Å². The van der Waals surface area contributed by atoms with Crippen LogP contribution in [0, 0.1) is 6.92 Å². The number of hydrogen-bond acceptors (Lipinski definition) is 9. The third kappa shape index (κ3) is 6.08. The molecular weight excluding hydrogens is 460 g/mol. The maximum atomic E-state index is 12.6. The zero-order valence-corrected chi connectivity index (χ0v) is 20.3. The Balaban J connectivity index is 1.44. The van der Waals surface area contributed by atoms with Crippen LogP contribution in [0.2, 0.25) is 0 Å². The number of benzene rings is 1. The average Bonchev–Trinajstić information content (AvgIpc) is 3.18. The van der Waals surface area contributed by atoms with Gasteiger partial charge in [-0.25, -0.2) is 14.8 Å². The molecule has 8 nitrogen and oxygen atoms in total. The molecular formula is C23H26N4O4S2. The van der Waals surface area contributed by atoms with Crippen LogP contribution in [0.4, 0.5) is 5.00 Å². The molecule has 0 aliphatic carbocycles. The Morgan fingerprint density at radius 2 is 2.03 bits per heavy atom. The molecule has 10 heteroatoms. The smallest absolute Gasteiger partial charge is 0.348 e. The van der Waals surface area contributed by atoms with Crippen molar-refractivity contribution in [2.75, 3.05) is 44.0 Å². The van der Waals surface area contributed by atoms with Gasteiger partial charge in [-0.1, -0.05) is 30.0 Å². The third-order valence-corrected chi connectivity index (χ3v) is 7.19. The second-order valence-electron chi connectivity index (χ2n) is 7.53. The summed E-state index contributed by atoms with van der Waals surface area (Å²) in [6.07, 6.45) is 0. The maximum Gasteiger partial charge on any atom is 0.348 e. The Labute approximate surface area is 200 Å². The summed E-state index contributed by atoms with van der Waals surface area (Å²) in [7, 11) is 0. The number of rotatable bonds is 8. The number of ether oxygens (including phenoxy) is 2. The predicted molar refractivity (Wildman–Crippen MR) is 130 cm³/mol. The van der Waals surface area contributed by atoms with E-state index in [2.05, 4.69) is 10.2 Å². The molecule has 0 atom stereocenters. The van der Waals surface area contributed by atoms with E-state index in [1.165, 1.54) is 23.1 Å². The Hall–Kier alpha value is -2.53. The topological polar surface area (TPSA) is 93.6 Å². The van der Waals surface area contributed by atoms with Crippen molar-refractivity contribution in [2.45, 2.75) is 25.4 Å². The lowest BCUT2D eigenvalue weighted by Gasteiger charge is -2.25. The van der Waals surface area contributed by atoms with Gasteiger partial charge >= 0.3 is 5.97 Å². The molecule has 3 heterocycles. The molecule has 1 saturated heterocycles. The minimum absolute atomic E-state index is 0.158. The van der Waals surface area contributed by atoms with E-state index < -0.39 is 0 Å². The second-order valence-corrected chi connectivity index (χ2v) is 9.55. The average molecular weight is 487 g/mol. The van der Waals surface area contributed by atoms with Crippen LogP contribution in [0.1, 0.15) is 28.0 Å². The van der Waals surface area contributed by atoms with E-state index >= 15 is 0 Å². The Morgan fingerprint density at radius 3 is 2.82 bits per heavy atom. The van der Waals surface area contributed by atoms with Gasteiger partial charge in [-0.15, -0.1) is 11.3 Å². The lowest BCUT2D eigenvalue weighted by Crippen LogP contribution is -2.36. The number of nitrogens with zero attached hydrogens (tertiary/aromatic N) is 3. The summed E-state index contributed by atoms with van der Waals surface area (Å²) in [5, 5.41) is 5.22. The number of aromatic nitrogens is 2. The molecule has 4 rings (SSSR count). The molecule has 0 saturated carbocycles. The minimum atomic E-state index is -0.366. The second kappa shape index (κ2) is 11.1. The molecule has 1 amide bonds. The van der Waals surface area contributed by atoms with Gasteiger partial charge in [0.05, 0.1) is 42.6 Å². The van der Waals surface area contributed by atoms with E-state index in [0.717, 1.165) is 53.6 Å². The SMILES string of the molecule is CCOC(=O)c1sc(NC(=O)CSc2nc(CN3CCOCC3)nc3ccccc23)cc1C. The Morgan fingerprint density at radius 1 is 1.24 bits per heavy atom. The first-order chi connectivity index (χ1) is 16.0. The summed E-state index contributed by atoms with van der Waals surface area (Å²) in [6.45, 7) is 7.71. The molecule has 0 spiro atoms. The molecule has 1 fully saturated rings. The van der Waals surface area contributed by atoms with Crippen molar-refractivity contribution in [2.24, 2.45) is 0 Å². The molecule has 0 radical (unpaired) electrons. The molecule has 0 bridgehead atoms. The van der Waals surface area contributed by atoms with Gasteiger partial charge in [-0.05, 0) is 31.5 Å². The van der Waals surface area contributed by atoms with Crippen molar-refractivity contribution in [1.29, 1.82) is 0 Å². The number of anilines is 1. The summed E-state index contributed by atoms with van der Waals surface area (Å²) < 4.78 is 10.5. The number of carbonyl (C=O) groups is 2. The highest BCUT2D eigenvalue weighted by molar-refractivity contribution is 8.00. The number of carbonyl (C=O) groups excluding carboxylic acids is 2. The van der Waals surface area contributed by atoms with Gasteiger partial charge in [0.25, 0.3) is 0 Å². The van der Waals surface area contributed by atoms with E-state index in [4.69, 9.17) is 19.4 Å². The van der Waals surface area contributed by atoms with E-state index in [1.807, 2.05) is 31.2 Å². The summed E-state index contributed by atoms with van der Waals surface area (Å²) >= 11 is 2.61. The third-order valence-electron chi connectivity index (χ3n) is 5.06. The van der Waals surface area contributed by atoms with Crippen molar-refractivity contribution in [1.82, 2.24) is 14.9 Å². The first-order valence-corrected chi connectivity index (χ1v) is 12.6. The number of thioether (sulfide) groups is 1. The van der Waals surface area contributed by atoms with E-state index in [9.17, 15) is 9.59 Å². The van der Waals surface area contributed by atoms with Crippen LogP contribution >= 0.6 is 23.1 Å². The zero-order chi connectivity index (χ0) is 23.2. The molecule has 1 N–H and O–H groups in total. The minimum Gasteiger partial charge on any atom is -0.462 e. The van der Waals surface area contributed by atoms with Crippen LogP contribution in [0.3, 0.4) is 0 Å². The van der Waals surface area contributed by atoms with Crippen molar-refractivity contribution in [3.05, 3.63) is 46.6 Å². The Kier molecular flexibility index (Phi) is 7.92. The number of esters is 1. The fourth-order valence-corrected chi connectivity index (χ4v) is 5.30. The Bertz CT molecular complexity index is 1140. The first-order valence-electron chi connectivity index (χ1n) is 10.8. The van der Waals surface area contributed by atoms with Crippen LogP contribution in [0.25, 0.3) is 10.9 Å². The number of nitrogens with one attached hydrogen (secondary N) is 1. The van der Waals surface area contributed by atoms with Gasteiger partial charge in [0.1, 0.15) is 15.7 Å². The van der Waals surface area contributed by atoms with E-state index in [-0.39, 0.29) is 17.6 Å². The monoisotopic (exact) mass is 486 g/mol. The maximum absolute atomic E-state index is 12.6. The van der Waals surface area contributed by atoms with Gasteiger partial charge in [-0.3, -0.25) is 9.69 Å². The number of morpholine rings is 1. The fraction of sp³-hybridized carbons (Fsp3) is 0.391. The van der Waals surface area contributed by atoms with Gasteiger partial charge in [0, 0.05) is 18.5 Å². The van der Waals surface area contributed by atoms with Crippen LogP contribution in [-0.2, 0) is 20.8 Å². The van der Waals surface area contributed by atoms with E-state index in [1.54, 1.807) is 13.0 Å². The number of fused-ring (bicyclic) bond motifs is 1. The summed E-state index contributed by atoms with van der Waals surface area (Å²) in [6, 6.07) is 9.63. The zero-order valence-electron chi connectivity index (χ0n) is 18.6. The van der Waals surface area contributed by atoms with Crippen molar-refractivity contribution >= 4 is 50.9 Å². The standard InChI is InChI=1S/C23H26N4O4S2/c1-3-31-23(29)21-15(2)12-20(33-21)26-19(28)14-32-22-16-6-4-5-7-17(16)24-18(25-22)13-27-8-10-30-11-9-27/h4-7,12H,3,8-11,13-14H2,1-2H3,(H,26,28). The first kappa shape index (κ1) is 23.6. The predicted octanol–water partition coefficient (Wildman–Crippen LogP) is 3.74. The number of amides is 1.